The zero-order valence-corrected chi connectivity index (χ0v) is 12.5. The van der Waals surface area contributed by atoms with Crippen LogP contribution in [0, 0.1) is 0 Å². The van der Waals surface area contributed by atoms with Crippen LogP contribution in [0.3, 0.4) is 0 Å². The molecule has 1 saturated heterocycles. The van der Waals surface area contributed by atoms with Gasteiger partial charge in [0.1, 0.15) is 0 Å². The van der Waals surface area contributed by atoms with Gasteiger partial charge in [-0.15, -0.1) is 11.6 Å². The van der Waals surface area contributed by atoms with E-state index in [1.54, 1.807) is 0 Å². The Morgan fingerprint density at radius 1 is 1.47 bits per heavy atom. The highest BCUT2D eigenvalue weighted by molar-refractivity contribution is 6.21. The molecule has 1 aromatic rings. The Bertz CT molecular complexity index is 397. The molecule has 19 heavy (non-hydrogen) atoms. The van der Waals surface area contributed by atoms with Crippen molar-refractivity contribution in [2.45, 2.75) is 25.3 Å². The maximum Gasteiger partial charge on any atom is 0.0874 e. The van der Waals surface area contributed by atoms with E-state index in [9.17, 15) is 0 Å². The summed E-state index contributed by atoms with van der Waals surface area (Å²) in [6, 6.07) is 8.20. The summed E-state index contributed by atoms with van der Waals surface area (Å²) in [5.41, 5.74) is 2.26. The van der Waals surface area contributed by atoms with Gasteiger partial charge in [-0.05, 0) is 25.1 Å². The van der Waals surface area contributed by atoms with Crippen LogP contribution in [0.15, 0.2) is 24.3 Å². The number of anilines is 1. The average Bonchev–Trinajstić information content (AvgIpc) is 2.45. The first-order valence-corrected chi connectivity index (χ1v) is 7.45. The number of benzene rings is 1. The van der Waals surface area contributed by atoms with Gasteiger partial charge in [0.05, 0.1) is 18.1 Å². The zero-order chi connectivity index (χ0) is 13.7. The second kappa shape index (κ2) is 7.13. The molecular weight excluding hydrogens is 260 g/mol. The first kappa shape index (κ1) is 14.6. The quantitative estimate of drug-likeness (QED) is 0.840. The second-order valence-corrected chi connectivity index (χ2v) is 5.62. The second-order valence-electron chi connectivity index (χ2n) is 4.97. The standard InChI is InChI=1S/C15H23ClN2O/c1-3-18-8-9-19-13(11-18)10-17-15-7-5-4-6-14(15)12(2)16/h4-7,12-13,17H,3,8-11H2,1-2H3. The van der Waals surface area contributed by atoms with Gasteiger partial charge in [0, 0.05) is 25.3 Å². The lowest BCUT2D eigenvalue weighted by Gasteiger charge is -2.32. The molecule has 0 saturated carbocycles. The minimum absolute atomic E-state index is 0.0168. The van der Waals surface area contributed by atoms with Crippen molar-refractivity contribution in [3.63, 3.8) is 0 Å². The third-order valence-corrected chi connectivity index (χ3v) is 3.81. The summed E-state index contributed by atoms with van der Waals surface area (Å²) in [4.78, 5) is 2.42. The molecular formula is C15H23ClN2O. The molecule has 1 fully saturated rings. The van der Waals surface area contributed by atoms with Crippen LogP contribution in [-0.4, -0.2) is 43.8 Å². The van der Waals surface area contributed by atoms with E-state index in [0.717, 1.165) is 44.0 Å². The molecule has 1 heterocycles. The number of nitrogens with one attached hydrogen (secondary N) is 1. The van der Waals surface area contributed by atoms with E-state index in [1.807, 2.05) is 19.1 Å². The summed E-state index contributed by atoms with van der Waals surface area (Å²) < 4.78 is 5.79. The number of hydrogen-bond acceptors (Lipinski definition) is 3. The summed E-state index contributed by atoms with van der Waals surface area (Å²) in [5.74, 6) is 0. The summed E-state index contributed by atoms with van der Waals surface area (Å²) in [5, 5.41) is 3.49. The maximum atomic E-state index is 6.20. The lowest BCUT2D eigenvalue weighted by Crippen LogP contribution is -2.45. The molecule has 0 bridgehead atoms. The van der Waals surface area contributed by atoms with Crippen LogP contribution in [0.5, 0.6) is 0 Å². The molecule has 0 aliphatic carbocycles. The van der Waals surface area contributed by atoms with Crippen LogP contribution in [0.2, 0.25) is 0 Å². The molecule has 0 amide bonds. The first-order valence-electron chi connectivity index (χ1n) is 7.01. The molecule has 0 aromatic heterocycles. The largest absolute Gasteiger partial charge is 0.382 e. The minimum Gasteiger partial charge on any atom is -0.382 e. The van der Waals surface area contributed by atoms with Gasteiger partial charge in [-0.1, -0.05) is 25.1 Å². The third kappa shape index (κ3) is 4.10. The fourth-order valence-electron chi connectivity index (χ4n) is 2.42. The van der Waals surface area contributed by atoms with Crippen LogP contribution in [0.25, 0.3) is 0 Å². The third-order valence-electron chi connectivity index (χ3n) is 3.58. The van der Waals surface area contributed by atoms with E-state index in [2.05, 4.69) is 29.3 Å². The molecule has 0 radical (unpaired) electrons. The van der Waals surface area contributed by atoms with Crippen molar-refractivity contribution in [2.24, 2.45) is 0 Å². The molecule has 4 heteroatoms. The van der Waals surface area contributed by atoms with Gasteiger partial charge in [0.2, 0.25) is 0 Å². The van der Waals surface area contributed by atoms with Crippen LogP contribution in [0.1, 0.15) is 24.8 Å². The van der Waals surface area contributed by atoms with E-state index in [0.29, 0.717) is 0 Å². The van der Waals surface area contributed by atoms with E-state index >= 15 is 0 Å². The van der Waals surface area contributed by atoms with Gasteiger partial charge in [0.15, 0.2) is 0 Å². The van der Waals surface area contributed by atoms with Crippen LogP contribution in [-0.2, 0) is 4.74 Å². The smallest absolute Gasteiger partial charge is 0.0874 e. The minimum atomic E-state index is 0.0168. The predicted molar refractivity (Wildman–Crippen MR) is 81.1 cm³/mol. The molecule has 2 unspecified atom stereocenters. The maximum absolute atomic E-state index is 6.20. The SMILES string of the molecule is CCN1CCOC(CNc2ccccc2C(C)Cl)C1. The summed E-state index contributed by atoms with van der Waals surface area (Å²) >= 11 is 6.20. The molecule has 106 valence electrons. The predicted octanol–water partition coefficient (Wildman–Crippen LogP) is 3.12. The number of halogens is 1. The summed E-state index contributed by atoms with van der Waals surface area (Å²) in [6.07, 6.45) is 0.257. The number of para-hydroxylation sites is 1. The van der Waals surface area contributed by atoms with Crippen molar-refractivity contribution in [1.82, 2.24) is 4.90 Å². The van der Waals surface area contributed by atoms with Gasteiger partial charge >= 0.3 is 0 Å². The molecule has 2 rings (SSSR count). The van der Waals surface area contributed by atoms with Crippen molar-refractivity contribution >= 4 is 17.3 Å². The Labute approximate surface area is 120 Å². The highest BCUT2D eigenvalue weighted by atomic mass is 35.5. The van der Waals surface area contributed by atoms with Crippen molar-refractivity contribution in [3.8, 4) is 0 Å². The van der Waals surface area contributed by atoms with Gasteiger partial charge in [0.25, 0.3) is 0 Å². The van der Waals surface area contributed by atoms with Gasteiger partial charge in [-0.3, -0.25) is 4.90 Å². The first-order chi connectivity index (χ1) is 9.20. The molecule has 3 nitrogen and oxygen atoms in total. The Morgan fingerprint density at radius 3 is 3.00 bits per heavy atom. The fourth-order valence-corrected chi connectivity index (χ4v) is 2.61. The van der Waals surface area contributed by atoms with Crippen molar-refractivity contribution < 1.29 is 4.74 Å². The van der Waals surface area contributed by atoms with Crippen LogP contribution < -0.4 is 5.32 Å². The molecule has 1 aliphatic rings. The van der Waals surface area contributed by atoms with Crippen molar-refractivity contribution in [1.29, 1.82) is 0 Å². The van der Waals surface area contributed by atoms with Gasteiger partial charge in [-0.2, -0.15) is 0 Å². The van der Waals surface area contributed by atoms with E-state index in [1.165, 1.54) is 0 Å². The normalized spacial score (nSPS) is 22.2. The van der Waals surface area contributed by atoms with Crippen LogP contribution >= 0.6 is 11.6 Å². The molecule has 2 atom stereocenters. The zero-order valence-electron chi connectivity index (χ0n) is 11.7. The summed E-state index contributed by atoms with van der Waals surface area (Å²) in [6.45, 7) is 8.99. The number of ether oxygens (including phenoxy) is 1. The summed E-state index contributed by atoms with van der Waals surface area (Å²) in [7, 11) is 0. The molecule has 1 N–H and O–H groups in total. The Kier molecular flexibility index (Phi) is 5.49. The number of hydrogen-bond donors (Lipinski definition) is 1. The van der Waals surface area contributed by atoms with E-state index in [-0.39, 0.29) is 11.5 Å². The van der Waals surface area contributed by atoms with Crippen molar-refractivity contribution in [3.05, 3.63) is 29.8 Å². The Balaban J connectivity index is 1.91. The Morgan fingerprint density at radius 2 is 2.26 bits per heavy atom. The fraction of sp³-hybridized carbons (Fsp3) is 0.600. The number of alkyl halides is 1. The number of morpholine rings is 1. The van der Waals surface area contributed by atoms with Gasteiger partial charge in [-0.25, -0.2) is 0 Å². The Hall–Kier alpha value is -0.770. The number of nitrogens with zero attached hydrogens (tertiary/aromatic N) is 1. The number of rotatable bonds is 5. The highest BCUT2D eigenvalue weighted by Gasteiger charge is 2.19. The topological polar surface area (TPSA) is 24.5 Å². The molecule has 1 aliphatic heterocycles. The molecule has 1 aromatic carbocycles. The molecule has 0 spiro atoms. The lowest BCUT2D eigenvalue weighted by atomic mass is 10.1. The average molecular weight is 283 g/mol. The van der Waals surface area contributed by atoms with Crippen LogP contribution in [0.4, 0.5) is 5.69 Å². The van der Waals surface area contributed by atoms with E-state index < -0.39 is 0 Å². The van der Waals surface area contributed by atoms with Gasteiger partial charge < -0.3 is 10.1 Å². The lowest BCUT2D eigenvalue weighted by molar-refractivity contribution is -0.0191. The monoisotopic (exact) mass is 282 g/mol. The highest BCUT2D eigenvalue weighted by Crippen LogP contribution is 2.27. The van der Waals surface area contributed by atoms with Crippen molar-refractivity contribution in [2.75, 3.05) is 38.1 Å². The number of likely N-dealkylation sites (N-methyl/N-ethyl adjacent to an activating group) is 1. The van der Waals surface area contributed by atoms with E-state index in [4.69, 9.17) is 16.3 Å².